The Kier molecular flexibility index (Phi) is 3.81. The van der Waals surface area contributed by atoms with E-state index in [9.17, 15) is 0 Å². The highest BCUT2D eigenvalue weighted by Gasteiger charge is 2.06. The van der Waals surface area contributed by atoms with Crippen molar-refractivity contribution in [1.29, 1.82) is 0 Å². The van der Waals surface area contributed by atoms with Crippen LogP contribution in [-0.2, 0) is 7.05 Å². The van der Waals surface area contributed by atoms with Gasteiger partial charge in [0.1, 0.15) is 0 Å². The molecule has 3 aromatic rings. The molecule has 0 bridgehead atoms. The number of nitrogens with zero attached hydrogens (tertiary/aromatic N) is 1. The van der Waals surface area contributed by atoms with Gasteiger partial charge in [-0.05, 0) is 36.4 Å². The van der Waals surface area contributed by atoms with E-state index in [2.05, 4.69) is 61.0 Å². The zero-order valence-electron chi connectivity index (χ0n) is 11.7. The summed E-state index contributed by atoms with van der Waals surface area (Å²) in [5.41, 5.74) is 2.40. The van der Waals surface area contributed by atoms with Crippen LogP contribution in [0.25, 0.3) is 21.8 Å². The van der Waals surface area contributed by atoms with Crippen LogP contribution in [0.5, 0.6) is 0 Å². The second kappa shape index (κ2) is 5.58. The van der Waals surface area contributed by atoms with E-state index >= 15 is 0 Å². The molecule has 1 aromatic heterocycles. The van der Waals surface area contributed by atoms with Crippen molar-refractivity contribution in [2.45, 2.75) is 18.2 Å². The summed E-state index contributed by atoms with van der Waals surface area (Å²) < 4.78 is 3.20. The molecule has 0 N–H and O–H groups in total. The lowest BCUT2D eigenvalue weighted by Gasteiger charge is -2.12. The Morgan fingerprint density at radius 3 is 2.60 bits per heavy atom. The molecule has 0 fully saturated rings. The first kappa shape index (κ1) is 13.7. The number of fused-ring (bicyclic) bond motifs is 2. The van der Waals surface area contributed by atoms with Crippen LogP contribution in [0.1, 0.15) is 13.3 Å². The fourth-order valence-corrected chi connectivity index (χ4v) is 3.67. The summed E-state index contributed by atoms with van der Waals surface area (Å²) in [5.74, 6) is 1.15. The second-order valence-corrected chi connectivity index (χ2v) is 6.51. The predicted octanol–water partition coefficient (Wildman–Crippen LogP) is 5.56. The van der Waals surface area contributed by atoms with Gasteiger partial charge < -0.3 is 4.57 Å². The molecule has 0 radical (unpaired) electrons. The summed E-state index contributed by atoms with van der Waals surface area (Å²) in [6, 6.07) is 15.0. The van der Waals surface area contributed by atoms with Crippen molar-refractivity contribution in [2.24, 2.45) is 7.05 Å². The first-order valence-electron chi connectivity index (χ1n) is 6.86. The third kappa shape index (κ3) is 2.25. The summed E-state index contributed by atoms with van der Waals surface area (Å²) in [6.07, 6.45) is 1.19. The summed E-state index contributed by atoms with van der Waals surface area (Å²) in [5, 5.41) is 2.34. The van der Waals surface area contributed by atoms with Crippen LogP contribution in [0.15, 0.2) is 47.4 Å². The van der Waals surface area contributed by atoms with Crippen LogP contribution in [0.2, 0.25) is 0 Å². The van der Waals surface area contributed by atoms with E-state index in [1.54, 1.807) is 0 Å². The summed E-state index contributed by atoms with van der Waals surface area (Å²) in [7, 11) is 2.11. The highest BCUT2D eigenvalue weighted by Crippen LogP contribution is 2.29. The number of thioether (sulfide) groups is 1. The standard InChI is InChI=1S/C17H17NS2/c1-3-10-20-12-8-9-16-14(11-12)17(19)13-6-4-5-7-15(13)18(16)2/h4-9,11H,3,10H2,1-2H3. The maximum Gasteiger partial charge on any atom is 0.0564 e. The molecule has 0 saturated carbocycles. The van der Waals surface area contributed by atoms with Crippen LogP contribution in [-0.4, -0.2) is 10.3 Å². The molecule has 0 amide bonds. The molecule has 3 rings (SSSR count). The number of aryl methyl sites for hydroxylation is 1. The molecule has 20 heavy (non-hydrogen) atoms. The van der Waals surface area contributed by atoms with E-state index in [4.69, 9.17) is 12.2 Å². The number of hydrogen-bond acceptors (Lipinski definition) is 2. The minimum Gasteiger partial charge on any atom is -0.344 e. The van der Waals surface area contributed by atoms with Crippen molar-refractivity contribution in [3.05, 3.63) is 47.0 Å². The monoisotopic (exact) mass is 299 g/mol. The van der Waals surface area contributed by atoms with Crippen molar-refractivity contribution >= 4 is 45.8 Å². The molecule has 0 aliphatic heterocycles. The predicted molar refractivity (Wildman–Crippen MR) is 92.3 cm³/mol. The number of hydrogen-bond donors (Lipinski definition) is 0. The SMILES string of the molecule is CCCSc1ccc2c(c1)c(=S)c1ccccc1n2C. The average molecular weight is 299 g/mol. The molecule has 0 saturated heterocycles. The Balaban J connectivity index is 2.32. The molecule has 0 unspecified atom stereocenters. The Morgan fingerprint density at radius 1 is 1.05 bits per heavy atom. The minimum atomic E-state index is 0.965. The quantitative estimate of drug-likeness (QED) is 0.354. The van der Waals surface area contributed by atoms with Gasteiger partial charge in [-0.15, -0.1) is 11.8 Å². The van der Waals surface area contributed by atoms with E-state index in [0.717, 1.165) is 15.6 Å². The fourth-order valence-electron chi connectivity index (χ4n) is 2.53. The first-order valence-corrected chi connectivity index (χ1v) is 8.26. The first-order chi connectivity index (χ1) is 9.72. The Bertz CT molecular complexity index is 833. The topological polar surface area (TPSA) is 4.93 Å². The number of pyridine rings is 1. The van der Waals surface area contributed by atoms with Gasteiger partial charge in [-0.3, -0.25) is 0 Å². The van der Waals surface area contributed by atoms with E-state index in [-0.39, 0.29) is 0 Å². The van der Waals surface area contributed by atoms with Gasteiger partial charge in [0.25, 0.3) is 0 Å². The number of benzene rings is 2. The van der Waals surface area contributed by atoms with E-state index in [0.29, 0.717) is 0 Å². The van der Waals surface area contributed by atoms with Crippen LogP contribution >= 0.6 is 24.0 Å². The van der Waals surface area contributed by atoms with Crippen LogP contribution < -0.4 is 0 Å². The average Bonchev–Trinajstić information content (AvgIpc) is 2.50. The number of rotatable bonds is 3. The highest BCUT2D eigenvalue weighted by molar-refractivity contribution is 7.99. The lowest BCUT2D eigenvalue weighted by molar-refractivity contribution is 1.00. The van der Waals surface area contributed by atoms with Gasteiger partial charge >= 0.3 is 0 Å². The van der Waals surface area contributed by atoms with E-state index in [1.807, 2.05) is 11.8 Å². The van der Waals surface area contributed by atoms with Gasteiger partial charge in [0, 0.05) is 33.7 Å². The lowest BCUT2D eigenvalue weighted by atomic mass is 10.1. The molecule has 0 aliphatic rings. The van der Waals surface area contributed by atoms with Crippen molar-refractivity contribution in [3.8, 4) is 0 Å². The van der Waals surface area contributed by atoms with Gasteiger partial charge in [-0.25, -0.2) is 0 Å². The summed E-state index contributed by atoms with van der Waals surface area (Å²) >= 11 is 7.60. The maximum atomic E-state index is 5.70. The van der Waals surface area contributed by atoms with Gasteiger partial charge in [-0.1, -0.05) is 37.3 Å². The van der Waals surface area contributed by atoms with Crippen molar-refractivity contribution < 1.29 is 0 Å². The normalized spacial score (nSPS) is 11.3. The maximum absolute atomic E-state index is 5.70. The third-order valence-electron chi connectivity index (χ3n) is 3.56. The van der Waals surface area contributed by atoms with Crippen LogP contribution in [0, 0.1) is 4.51 Å². The zero-order valence-corrected chi connectivity index (χ0v) is 13.4. The smallest absolute Gasteiger partial charge is 0.0564 e. The van der Waals surface area contributed by atoms with Gasteiger partial charge in [0.2, 0.25) is 0 Å². The van der Waals surface area contributed by atoms with Crippen LogP contribution in [0.4, 0.5) is 0 Å². The summed E-state index contributed by atoms with van der Waals surface area (Å²) in [4.78, 5) is 1.31. The second-order valence-electron chi connectivity index (χ2n) is 4.93. The van der Waals surface area contributed by atoms with Gasteiger partial charge in [-0.2, -0.15) is 0 Å². The molecule has 1 heterocycles. The zero-order chi connectivity index (χ0) is 14.1. The molecule has 2 aromatic carbocycles. The Hall–Kier alpha value is -1.32. The molecular weight excluding hydrogens is 282 g/mol. The summed E-state index contributed by atoms with van der Waals surface area (Å²) in [6.45, 7) is 2.21. The molecule has 0 spiro atoms. The molecule has 0 aliphatic carbocycles. The molecular formula is C17H17NS2. The van der Waals surface area contributed by atoms with Crippen molar-refractivity contribution in [3.63, 3.8) is 0 Å². The molecule has 0 atom stereocenters. The largest absolute Gasteiger partial charge is 0.344 e. The van der Waals surface area contributed by atoms with E-state index in [1.165, 1.54) is 27.7 Å². The van der Waals surface area contributed by atoms with Crippen LogP contribution in [0.3, 0.4) is 0 Å². The lowest BCUT2D eigenvalue weighted by Crippen LogP contribution is -1.96. The van der Waals surface area contributed by atoms with E-state index < -0.39 is 0 Å². The Labute approximate surface area is 128 Å². The third-order valence-corrected chi connectivity index (χ3v) is 5.20. The highest BCUT2D eigenvalue weighted by atomic mass is 32.2. The van der Waals surface area contributed by atoms with Gasteiger partial charge in [0.15, 0.2) is 0 Å². The van der Waals surface area contributed by atoms with Gasteiger partial charge in [0.05, 0.1) is 4.51 Å². The van der Waals surface area contributed by atoms with Crippen molar-refractivity contribution in [1.82, 2.24) is 4.57 Å². The molecule has 1 nitrogen and oxygen atoms in total. The fraction of sp³-hybridized carbons (Fsp3) is 0.235. The Morgan fingerprint density at radius 2 is 1.80 bits per heavy atom. The minimum absolute atomic E-state index is 0.965. The molecule has 3 heteroatoms. The van der Waals surface area contributed by atoms with Crippen molar-refractivity contribution in [2.75, 3.05) is 5.75 Å². The molecule has 102 valence electrons. The number of aromatic nitrogens is 1. The number of para-hydroxylation sites is 1.